The summed E-state index contributed by atoms with van der Waals surface area (Å²) in [5.74, 6) is 0.884. The van der Waals surface area contributed by atoms with Gasteiger partial charge in [-0.2, -0.15) is 0 Å². The number of carbonyl (C=O) groups is 1. The molecule has 0 N–H and O–H groups in total. The van der Waals surface area contributed by atoms with Crippen LogP contribution in [0, 0.1) is 0 Å². The van der Waals surface area contributed by atoms with Crippen LogP contribution in [0.25, 0.3) is 0 Å². The number of unbranched alkanes of at least 4 members (excludes halogenated alkanes) is 2. The Morgan fingerprint density at radius 2 is 2.11 bits per heavy atom. The minimum Gasteiger partial charge on any atom is -0.496 e. The van der Waals surface area contributed by atoms with Crippen molar-refractivity contribution in [2.45, 2.75) is 26.2 Å². The van der Waals surface area contributed by atoms with Crippen LogP contribution in [-0.2, 0) is 0 Å². The average Bonchev–Trinajstić information content (AvgIpc) is 2.38. The summed E-state index contributed by atoms with van der Waals surface area (Å²) in [5, 5.41) is 0. The zero-order valence-corrected chi connectivity index (χ0v) is 13.5. The molecule has 0 fully saturated rings. The molecule has 0 aliphatic carbocycles. The largest absolute Gasteiger partial charge is 0.496 e. The van der Waals surface area contributed by atoms with Gasteiger partial charge in [0.1, 0.15) is 5.75 Å². The van der Waals surface area contributed by atoms with Gasteiger partial charge in [-0.15, -0.1) is 0 Å². The van der Waals surface area contributed by atoms with E-state index in [-0.39, 0.29) is 5.78 Å². The summed E-state index contributed by atoms with van der Waals surface area (Å²) >= 11 is 3.40. The highest BCUT2D eigenvalue weighted by molar-refractivity contribution is 9.10. The quantitative estimate of drug-likeness (QED) is 0.537. The Labute approximate surface area is 124 Å². The van der Waals surface area contributed by atoms with E-state index in [0.29, 0.717) is 6.54 Å². The summed E-state index contributed by atoms with van der Waals surface area (Å²) in [6, 6.07) is 5.45. The van der Waals surface area contributed by atoms with E-state index in [0.717, 1.165) is 28.8 Å². The molecule has 0 aliphatic heterocycles. The van der Waals surface area contributed by atoms with E-state index in [1.54, 1.807) is 7.11 Å². The van der Waals surface area contributed by atoms with E-state index >= 15 is 0 Å². The molecule has 3 nitrogen and oxygen atoms in total. The van der Waals surface area contributed by atoms with Gasteiger partial charge in [-0.05, 0) is 54.1 Å². The predicted molar refractivity (Wildman–Crippen MR) is 82.0 cm³/mol. The lowest BCUT2D eigenvalue weighted by atomic mass is 10.1. The number of nitrogens with zero attached hydrogens (tertiary/aromatic N) is 1. The number of hydrogen-bond acceptors (Lipinski definition) is 3. The number of rotatable bonds is 8. The summed E-state index contributed by atoms with van der Waals surface area (Å²) < 4.78 is 5.97. The third-order valence-corrected chi connectivity index (χ3v) is 3.65. The van der Waals surface area contributed by atoms with Crippen molar-refractivity contribution >= 4 is 21.7 Å². The Morgan fingerprint density at radius 3 is 2.68 bits per heavy atom. The van der Waals surface area contributed by atoms with Crippen molar-refractivity contribution in [1.29, 1.82) is 0 Å². The molecule has 106 valence electrons. The Morgan fingerprint density at radius 1 is 1.37 bits per heavy atom. The summed E-state index contributed by atoms with van der Waals surface area (Å²) in [6.45, 7) is 3.61. The van der Waals surface area contributed by atoms with E-state index in [2.05, 4.69) is 27.8 Å². The van der Waals surface area contributed by atoms with E-state index < -0.39 is 0 Å². The van der Waals surface area contributed by atoms with Gasteiger partial charge in [-0.3, -0.25) is 9.69 Å². The molecular formula is C15H22BrNO2. The second-order valence-corrected chi connectivity index (χ2v) is 5.57. The van der Waals surface area contributed by atoms with Crippen LogP contribution in [0.5, 0.6) is 5.75 Å². The van der Waals surface area contributed by atoms with Gasteiger partial charge in [-0.1, -0.05) is 19.8 Å². The number of ketones is 1. The Balaban J connectivity index is 2.55. The number of likely N-dealkylation sites (N-methyl/N-ethyl adjacent to an activating group) is 1. The number of ether oxygens (including phenoxy) is 1. The maximum atomic E-state index is 12.1. The second-order valence-electron chi connectivity index (χ2n) is 4.72. The van der Waals surface area contributed by atoms with Crippen LogP contribution in [0.4, 0.5) is 0 Å². The number of halogens is 1. The molecule has 0 atom stereocenters. The molecule has 1 rings (SSSR count). The highest BCUT2D eigenvalue weighted by Crippen LogP contribution is 2.25. The monoisotopic (exact) mass is 327 g/mol. The smallest absolute Gasteiger partial charge is 0.176 e. The third-order valence-electron chi connectivity index (χ3n) is 3.03. The summed E-state index contributed by atoms with van der Waals surface area (Å²) in [6.07, 6.45) is 3.56. The Hall–Kier alpha value is -0.870. The molecule has 1 aromatic rings. The van der Waals surface area contributed by atoms with Crippen molar-refractivity contribution in [1.82, 2.24) is 4.90 Å². The lowest BCUT2D eigenvalue weighted by molar-refractivity contribution is 0.0945. The van der Waals surface area contributed by atoms with Gasteiger partial charge in [0.25, 0.3) is 0 Å². The second kappa shape index (κ2) is 8.33. The zero-order chi connectivity index (χ0) is 14.3. The van der Waals surface area contributed by atoms with E-state index in [9.17, 15) is 4.79 Å². The highest BCUT2D eigenvalue weighted by Gasteiger charge is 2.11. The molecule has 0 saturated carbocycles. The summed E-state index contributed by atoms with van der Waals surface area (Å²) in [5.41, 5.74) is 0.718. The number of Topliss-reactive ketones (excluding diaryl/α,β-unsaturated/α-hetero) is 1. The number of hydrogen-bond donors (Lipinski definition) is 0. The molecule has 0 unspecified atom stereocenters. The fraction of sp³-hybridized carbons (Fsp3) is 0.533. The molecule has 0 aliphatic rings. The first-order valence-electron chi connectivity index (χ1n) is 6.63. The average molecular weight is 328 g/mol. The van der Waals surface area contributed by atoms with Crippen LogP contribution in [0.15, 0.2) is 22.7 Å². The lowest BCUT2D eigenvalue weighted by Crippen LogP contribution is -2.27. The number of carbonyl (C=O) groups excluding carboxylic acids is 1. The molecule has 1 aromatic carbocycles. The first kappa shape index (κ1) is 16.2. The Kier molecular flexibility index (Phi) is 7.10. The Bertz CT molecular complexity index is 421. The van der Waals surface area contributed by atoms with Crippen LogP contribution >= 0.6 is 15.9 Å². The fourth-order valence-electron chi connectivity index (χ4n) is 1.89. The van der Waals surface area contributed by atoms with E-state index in [4.69, 9.17) is 4.74 Å². The molecule has 0 heterocycles. The van der Waals surface area contributed by atoms with Gasteiger partial charge in [0, 0.05) is 5.56 Å². The molecule has 0 radical (unpaired) electrons. The normalized spacial score (nSPS) is 10.8. The van der Waals surface area contributed by atoms with Gasteiger partial charge < -0.3 is 4.74 Å². The molecule has 0 spiro atoms. The minimum absolute atomic E-state index is 0.141. The fourth-order valence-corrected chi connectivity index (χ4v) is 2.43. The van der Waals surface area contributed by atoms with Gasteiger partial charge in [-0.25, -0.2) is 0 Å². The molecule has 0 aromatic heterocycles. The molecule has 0 amide bonds. The first-order valence-corrected chi connectivity index (χ1v) is 7.43. The maximum absolute atomic E-state index is 12.1. The van der Waals surface area contributed by atoms with Crippen molar-refractivity contribution < 1.29 is 9.53 Å². The number of benzene rings is 1. The molecule has 0 saturated heterocycles. The molecular weight excluding hydrogens is 306 g/mol. The SMILES string of the molecule is CCCCCN(C)CC(=O)c1ccc(OC)c(Br)c1. The van der Waals surface area contributed by atoms with Crippen LogP contribution in [0.3, 0.4) is 0 Å². The first-order chi connectivity index (χ1) is 9.08. The van der Waals surface area contributed by atoms with Crippen molar-refractivity contribution in [3.63, 3.8) is 0 Å². The van der Waals surface area contributed by atoms with Gasteiger partial charge in [0.15, 0.2) is 5.78 Å². The highest BCUT2D eigenvalue weighted by atomic mass is 79.9. The van der Waals surface area contributed by atoms with Crippen LogP contribution in [0.1, 0.15) is 36.5 Å². The van der Waals surface area contributed by atoms with E-state index in [1.165, 1.54) is 12.8 Å². The van der Waals surface area contributed by atoms with Crippen molar-refractivity contribution in [3.8, 4) is 5.75 Å². The van der Waals surface area contributed by atoms with Gasteiger partial charge in [0.05, 0.1) is 18.1 Å². The van der Waals surface area contributed by atoms with Crippen molar-refractivity contribution in [3.05, 3.63) is 28.2 Å². The van der Waals surface area contributed by atoms with Crippen LogP contribution in [-0.4, -0.2) is 37.9 Å². The molecule has 19 heavy (non-hydrogen) atoms. The summed E-state index contributed by atoms with van der Waals surface area (Å²) in [4.78, 5) is 14.2. The summed E-state index contributed by atoms with van der Waals surface area (Å²) in [7, 11) is 3.61. The lowest BCUT2D eigenvalue weighted by Gasteiger charge is -2.15. The predicted octanol–water partition coefficient (Wildman–Crippen LogP) is 3.76. The topological polar surface area (TPSA) is 29.5 Å². The minimum atomic E-state index is 0.141. The third kappa shape index (κ3) is 5.33. The van der Waals surface area contributed by atoms with Crippen molar-refractivity contribution in [2.75, 3.05) is 27.2 Å². The van der Waals surface area contributed by atoms with Crippen LogP contribution in [0.2, 0.25) is 0 Å². The maximum Gasteiger partial charge on any atom is 0.176 e. The van der Waals surface area contributed by atoms with Crippen LogP contribution < -0.4 is 4.74 Å². The van der Waals surface area contributed by atoms with Crippen molar-refractivity contribution in [2.24, 2.45) is 0 Å². The molecule has 0 bridgehead atoms. The van der Waals surface area contributed by atoms with E-state index in [1.807, 2.05) is 25.2 Å². The van der Waals surface area contributed by atoms with Gasteiger partial charge in [0.2, 0.25) is 0 Å². The standard InChI is InChI=1S/C15H22BrNO2/c1-4-5-6-9-17(2)11-14(18)12-7-8-15(19-3)13(16)10-12/h7-8,10H,4-6,9,11H2,1-3H3. The number of methoxy groups -OCH3 is 1. The zero-order valence-electron chi connectivity index (χ0n) is 11.9. The van der Waals surface area contributed by atoms with Gasteiger partial charge >= 0.3 is 0 Å². The molecule has 4 heteroatoms.